The maximum absolute atomic E-state index is 6.37. The van der Waals surface area contributed by atoms with E-state index in [1.54, 1.807) is 0 Å². The molecule has 0 amide bonds. The van der Waals surface area contributed by atoms with Crippen LogP contribution in [0.2, 0.25) is 31.7 Å². The van der Waals surface area contributed by atoms with Crippen molar-refractivity contribution in [2.45, 2.75) is 51.0 Å². The number of hydrogen-bond donors (Lipinski definition) is 1. The Bertz CT molecular complexity index is 198. The van der Waals surface area contributed by atoms with Gasteiger partial charge in [-0.25, -0.2) is 0 Å². The zero-order valence-electron chi connectivity index (χ0n) is 10.3. The van der Waals surface area contributed by atoms with E-state index in [1.165, 1.54) is 24.9 Å². The van der Waals surface area contributed by atoms with E-state index in [2.05, 4.69) is 19.6 Å². The Labute approximate surface area is 95.7 Å². The molecule has 0 aromatic heterocycles. The molecule has 1 rings (SSSR count). The highest BCUT2D eigenvalue weighted by Gasteiger charge is 2.38. The van der Waals surface area contributed by atoms with Crippen LogP contribution in [0.1, 0.15) is 19.3 Å². The lowest BCUT2D eigenvalue weighted by Crippen LogP contribution is -2.49. The van der Waals surface area contributed by atoms with Crippen molar-refractivity contribution in [3.8, 4) is 0 Å². The third-order valence-corrected chi connectivity index (χ3v) is 10.6. The summed E-state index contributed by atoms with van der Waals surface area (Å²) >= 11 is 0. The van der Waals surface area contributed by atoms with Crippen LogP contribution >= 0.6 is 0 Å². The van der Waals surface area contributed by atoms with Gasteiger partial charge in [-0.15, -0.1) is 0 Å². The molecule has 0 radical (unpaired) electrons. The first-order chi connectivity index (χ1) is 6.97. The fourth-order valence-electron chi connectivity index (χ4n) is 2.24. The molecule has 5 heteroatoms. The molecule has 0 aliphatic carbocycles. The summed E-state index contributed by atoms with van der Waals surface area (Å²) < 4.78 is 12.2. The monoisotopic (exact) mass is 247 g/mol. The molecule has 1 atom stereocenters. The van der Waals surface area contributed by atoms with Gasteiger partial charge in [0.05, 0.1) is 0 Å². The third kappa shape index (κ3) is 4.78. The second-order valence-electron chi connectivity index (χ2n) is 5.15. The first kappa shape index (κ1) is 13.4. The first-order valence-corrected chi connectivity index (χ1v) is 11.7. The average molecular weight is 247 g/mol. The Morgan fingerprint density at radius 3 is 2.60 bits per heavy atom. The van der Waals surface area contributed by atoms with Gasteiger partial charge in [0.1, 0.15) is 0 Å². The molecule has 1 aliphatic heterocycles. The normalized spacial score (nSPS) is 32.0. The molecule has 2 N–H and O–H groups in total. The highest BCUT2D eigenvalue weighted by Crippen LogP contribution is 2.28. The Balaban J connectivity index is 2.58. The molecule has 1 heterocycles. The largest absolute Gasteiger partial charge is 0.436 e. The summed E-state index contributed by atoms with van der Waals surface area (Å²) in [6, 6.07) is 2.48. The summed E-state index contributed by atoms with van der Waals surface area (Å²) in [6.07, 6.45) is 3.57. The molecule has 1 fully saturated rings. The Morgan fingerprint density at radius 2 is 1.93 bits per heavy atom. The van der Waals surface area contributed by atoms with Crippen LogP contribution in [0.3, 0.4) is 0 Å². The Morgan fingerprint density at radius 1 is 1.20 bits per heavy atom. The van der Waals surface area contributed by atoms with Gasteiger partial charge in [0.2, 0.25) is 0 Å². The lowest BCUT2D eigenvalue weighted by Gasteiger charge is -2.38. The summed E-state index contributed by atoms with van der Waals surface area (Å²) in [4.78, 5) is 0. The molecule has 0 aromatic carbocycles. The van der Waals surface area contributed by atoms with Crippen LogP contribution in [0.4, 0.5) is 0 Å². The lowest BCUT2D eigenvalue weighted by molar-refractivity contribution is 0.230. The van der Waals surface area contributed by atoms with E-state index in [1.807, 2.05) is 0 Å². The van der Waals surface area contributed by atoms with Crippen LogP contribution in [0.5, 0.6) is 0 Å². The average Bonchev–Trinajstić information content (AvgIpc) is 2.11. The molecule has 3 nitrogen and oxygen atoms in total. The SMILES string of the molecule is C[Si]1(CCCN)CCCCO[Si](C)(C)O1. The smallest absolute Gasteiger partial charge is 0.321 e. The second kappa shape index (κ2) is 5.59. The minimum absolute atomic E-state index is 0.786. The molecule has 1 unspecified atom stereocenters. The van der Waals surface area contributed by atoms with Crippen molar-refractivity contribution in [1.82, 2.24) is 0 Å². The van der Waals surface area contributed by atoms with Gasteiger partial charge in [0, 0.05) is 6.61 Å². The van der Waals surface area contributed by atoms with E-state index in [-0.39, 0.29) is 0 Å². The maximum atomic E-state index is 6.37. The van der Waals surface area contributed by atoms with Crippen LogP contribution in [0.15, 0.2) is 0 Å². The summed E-state index contributed by atoms with van der Waals surface area (Å²) in [5.41, 5.74) is 5.59. The quantitative estimate of drug-likeness (QED) is 0.779. The van der Waals surface area contributed by atoms with E-state index in [0.29, 0.717) is 0 Å². The van der Waals surface area contributed by atoms with Gasteiger partial charge in [-0.05, 0) is 51.1 Å². The van der Waals surface area contributed by atoms with E-state index in [0.717, 1.165) is 19.6 Å². The van der Waals surface area contributed by atoms with Crippen molar-refractivity contribution in [2.24, 2.45) is 5.73 Å². The van der Waals surface area contributed by atoms with Gasteiger partial charge in [0.15, 0.2) is 8.32 Å². The first-order valence-electron chi connectivity index (χ1n) is 6.02. The fraction of sp³-hybridized carbons (Fsp3) is 1.00. The molecule has 0 bridgehead atoms. The van der Waals surface area contributed by atoms with Gasteiger partial charge < -0.3 is 14.3 Å². The zero-order valence-corrected chi connectivity index (χ0v) is 12.3. The van der Waals surface area contributed by atoms with Crippen molar-refractivity contribution < 1.29 is 8.54 Å². The molecule has 15 heavy (non-hydrogen) atoms. The van der Waals surface area contributed by atoms with Crippen LogP contribution in [-0.4, -0.2) is 30.0 Å². The summed E-state index contributed by atoms with van der Waals surface area (Å²) in [7, 11) is -3.36. The van der Waals surface area contributed by atoms with E-state index < -0.39 is 16.9 Å². The Hall–Kier alpha value is 0.314. The molecular formula is C10H25NO2Si2. The summed E-state index contributed by atoms with van der Waals surface area (Å²) in [6.45, 7) is 8.37. The van der Waals surface area contributed by atoms with Crippen LogP contribution in [0.25, 0.3) is 0 Å². The van der Waals surface area contributed by atoms with Crippen molar-refractivity contribution in [3.63, 3.8) is 0 Å². The molecule has 90 valence electrons. The van der Waals surface area contributed by atoms with Gasteiger partial charge in [-0.3, -0.25) is 0 Å². The maximum Gasteiger partial charge on any atom is 0.321 e. The minimum Gasteiger partial charge on any atom is -0.436 e. The Kier molecular flexibility index (Phi) is 4.98. The molecule has 1 saturated heterocycles. The third-order valence-electron chi connectivity index (χ3n) is 2.95. The number of hydrogen-bond acceptors (Lipinski definition) is 3. The van der Waals surface area contributed by atoms with Crippen LogP contribution < -0.4 is 5.73 Å². The van der Waals surface area contributed by atoms with E-state index in [9.17, 15) is 0 Å². The topological polar surface area (TPSA) is 44.5 Å². The molecule has 1 aliphatic rings. The number of rotatable bonds is 3. The van der Waals surface area contributed by atoms with Crippen molar-refractivity contribution in [1.29, 1.82) is 0 Å². The molecule has 0 aromatic rings. The van der Waals surface area contributed by atoms with Gasteiger partial charge >= 0.3 is 8.56 Å². The van der Waals surface area contributed by atoms with Crippen LogP contribution in [-0.2, 0) is 8.54 Å². The van der Waals surface area contributed by atoms with Crippen molar-refractivity contribution in [2.75, 3.05) is 13.2 Å². The number of nitrogens with two attached hydrogens (primary N) is 1. The van der Waals surface area contributed by atoms with Crippen molar-refractivity contribution in [3.05, 3.63) is 0 Å². The molecule has 0 saturated carbocycles. The highest BCUT2D eigenvalue weighted by molar-refractivity contribution is 6.83. The van der Waals surface area contributed by atoms with E-state index >= 15 is 0 Å². The fourth-order valence-corrected chi connectivity index (χ4v) is 10.9. The van der Waals surface area contributed by atoms with Crippen molar-refractivity contribution >= 4 is 16.9 Å². The summed E-state index contributed by atoms with van der Waals surface area (Å²) in [5.74, 6) is 0. The van der Waals surface area contributed by atoms with Gasteiger partial charge in [-0.1, -0.05) is 6.42 Å². The lowest BCUT2D eigenvalue weighted by atomic mass is 10.4. The second-order valence-corrected chi connectivity index (χ2v) is 13.0. The van der Waals surface area contributed by atoms with Crippen LogP contribution in [0, 0.1) is 0 Å². The molecule has 0 spiro atoms. The standard InChI is InChI=1S/C10H25NO2Si2/c1-14(2)12-8-4-5-9-15(3,13-14)10-6-7-11/h4-11H2,1-3H3. The molecular weight excluding hydrogens is 222 g/mol. The minimum atomic E-state index is -1.84. The van der Waals surface area contributed by atoms with Gasteiger partial charge in [0.25, 0.3) is 0 Å². The van der Waals surface area contributed by atoms with Gasteiger partial charge in [-0.2, -0.15) is 0 Å². The highest BCUT2D eigenvalue weighted by atomic mass is 28.4. The predicted molar refractivity (Wildman–Crippen MR) is 68.7 cm³/mol. The van der Waals surface area contributed by atoms with E-state index in [4.69, 9.17) is 14.3 Å². The predicted octanol–water partition coefficient (Wildman–Crippen LogP) is 2.44. The summed E-state index contributed by atoms with van der Waals surface area (Å²) in [5, 5.41) is 0. The zero-order chi connectivity index (χ0) is 11.4.